The molecular formula is C21H19ClN4O. The Morgan fingerprint density at radius 1 is 1.07 bits per heavy atom. The van der Waals surface area contributed by atoms with Gasteiger partial charge < -0.3 is 5.32 Å². The third-order valence-electron chi connectivity index (χ3n) is 3.89. The second kappa shape index (κ2) is 8.96. The maximum Gasteiger partial charge on any atom is 0.257 e. The fourth-order valence-electron chi connectivity index (χ4n) is 2.39. The van der Waals surface area contributed by atoms with Crippen molar-refractivity contribution in [2.75, 3.05) is 5.32 Å². The number of hydrogen-bond donors (Lipinski definition) is 2. The molecule has 27 heavy (non-hydrogen) atoms. The van der Waals surface area contributed by atoms with Crippen molar-refractivity contribution in [1.82, 2.24) is 10.3 Å². The summed E-state index contributed by atoms with van der Waals surface area (Å²) < 4.78 is 0. The van der Waals surface area contributed by atoms with Crippen LogP contribution < -0.4 is 10.6 Å². The third-order valence-corrected chi connectivity index (χ3v) is 4.12. The predicted octanol–water partition coefficient (Wildman–Crippen LogP) is 4.44. The maximum absolute atomic E-state index is 12.5. The molecule has 2 aromatic carbocycles. The molecule has 3 aromatic rings. The molecule has 0 spiro atoms. The van der Waals surface area contributed by atoms with Gasteiger partial charge in [0.2, 0.25) is 5.96 Å². The molecule has 0 fully saturated rings. The molecule has 0 unspecified atom stereocenters. The molecule has 0 aliphatic carbocycles. The van der Waals surface area contributed by atoms with Gasteiger partial charge in [-0.3, -0.25) is 15.1 Å². The first-order valence-electron chi connectivity index (χ1n) is 8.45. The summed E-state index contributed by atoms with van der Waals surface area (Å²) in [4.78, 5) is 21.1. The van der Waals surface area contributed by atoms with Gasteiger partial charge in [-0.25, -0.2) is 4.99 Å². The Balaban J connectivity index is 1.83. The first kappa shape index (κ1) is 18.6. The van der Waals surface area contributed by atoms with Crippen molar-refractivity contribution >= 4 is 29.2 Å². The predicted molar refractivity (Wildman–Crippen MR) is 109 cm³/mol. The molecule has 3 rings (SSSR count). The molecule has 5 nitrogen and oxygen atoms in total. The van der Waals surface area contributed by atoms with E-state index >= 15 is 0 Å². The topological polar surface area (TPSA) is 66.4 Å². The summed E-state index contributed by atoms with van der Waals surface area (Å²) in [6.07, 6.45) is 3.42. The standard InChI is InChI=1S/C21H19ClN4O/c1-15-7-8-18(22)13-19(15)25-21(24-14-16-9-11-23-12-10-16)26-20(27)17-5-3-2-4-6-17/h2-13H,14H2,1H3,(H2,24,25,26,27). The minimum absolute atomic E-state index is 0.240. The summed E-state index contributed by atoms with van der Waals surface area (Å²) in [5.74, 6) is 0.113. The van der Waals surface area contributed by atoms with Gasteiger partial charge in [0.15, 0.2) is 0 Å². The highest BCUT2D eigenvalue weighted by Crippen LogP contribution is 2.20. The Morgan fingerprint density at radius 2 is 1.81 bits per heavy atom. The molecule has 0 radical (unpaired) electrons. The van der Waals surface area contributed by atoms with Gasteiger partial charge in [0.05, 0.1) is 6.54 Å². The van der Waals surface area contributed by atoms with Gasteiger partial charge >= 0.3 is 0 Å². The van der Waals surface area contributed by atoms with E-state index in [4.69, 9.17) is 11.6 Å². The molecule has 0 saturated heterocycles. The number of carbonyl (C=O) groups excluding carboxylic acids is 1. The molecule has 0 saturated carbocycles. The van der Waals surface area contributed by atoms with Crippen LogP contribution in [-0.4, -0.2) is 16.9 Å². The van der Waals surface area contributed by atoms with Crippen LogP contribution in [0.1, 0.15) is 21.5 Å². The molecule has 6 heteroatoms. The number of hydrogen-bond acceptors (Lipinski definition) is 3. The van der Waals surface area contributed by atoms with Crippen LogP contribution in [0.2, 0.25) is 5.02 Å². The van der Waals surface area contributed by atoms with Gasteiger partial charge in [-0.1, -0.05) is 35.9 Å². The number of pyridine rings is 1. The van der Waals surface area contributed by atoms with Crippen LogP contribution in [0.3, 0.4) is 0 Å². The highest BCUT2D eigenvalue weighted by atomic mass is 35.5. The first-order chi connectivity index (χ1) is 13.1. The van der Waals surface area contributed by atoms with E-state index in [2.05, 4.69) is 20.6 Å². The van der Waals surface area contributed by atoms with E-state index in [0.717, 1.165) is 16.8 Å². The zero-order valence-corrected chi connectivity index (χ0v) is 15.6. The number of benzene rings is 2. The summed E-state index contributed by atoms with van der Waals surface area (Å²) >= 11 is 6.10. The second-order valence-electron chi connectivity index (χ2n) is 5.92. The summed E-state index contributed by atoms with van der Waals surface area (Å²) in [5.41, 5.74) is 3.31. The summed E-state index contributed by atoms with van der Waals surface area (Å²) in [6.45, 7) is 2.36. The Hall–Kier alpha value is -3.18. The van der Waals surface area contributed by atoms with E-state index in [-0.39, 0.29) is 5.91 Å². The van der Waals surface area contributed by atoms with Crippen LogP contribution in [0.4, 0.5) is 5.69 Å². The Morgan fingerprint density at radius 3 is 2.56 bits per heavy atom. The number of rotatable bonds is 4. The van der Waals surface area contributed by atoms with Crippen LogP contribution in [0.25, 0.3) is 0 Å². The lowest BCUT2D eigenvalue weighted by atomic mass is 10.2. The number of halogens is 1. The van der Waals surface area contributed by atoms with Crippen molar-refractivity contribution in [1.29, 1.82) is 0 Å². The minimum Gasteiger partial charge on any atom is -0.326 e. The van der Waals surface area contributed by atoms with Gasteiger partial charge in [0.25, 0.3) is 5.91 Å². The van der Waals surface area contributed by atoms with E-state index in [1.807, 2.05) is 49.4 Å². The normalized spacial score (nSPS) is 11.1. The van der Waals surface area contributed by atoms with Crippen molar-refractivity contribution in [2.45, 2.75) is 13.5 Å². The summed E-state index contributed by atoms with van der Waals surface area (Å²) in [6, 6.07) is 18.3. The molecule has 0 aliphatic rings. The number of guanidine groups is 1. The number of aryl methyl sites for hydroxylation is 1. The number of aliphatic imine (C=N–C) groups is 1. The van der Waals surface area contributed by atoms with Crippen LogP contribution in [0.5, 0.6) is 0 Å². The van der Waals surface area contributed by atoms with Crippen molar-refractivity contribution in [3.05, 3.63) is 94.8 Å². The van der Waals surface area contributed by atoms with Gasteiger partial charge in [-0.2, -0.15) is 0 Å². The molecule has 0 bridgehead atoms. The van der Waals surface area contributed by atoms with E-state index in [1.54, 1.807) is 30.6 Å². The Bertz CT molecular complexity index is 943. The maximum atomic E-state index is 12.5. The first-order valence-corrected chi connectivity index (χ1v) is 8.82. The van der Waals surface area contributed by atoms with E-state index in [9.17, 15) is 4.79 Å². The van der Waals surface area contributed by atoms with Crippen LogP contribution in [0.15, 0.2) is 78.0 Å². The average molecular weight is 379 g/mol. The molecule has 1 heterocycles. The minimum atomic E-state index is -0.240. The summed E-state index contributed by atoms with van der Waals surface area (Å²) in [7, 11) is 0. The Kier molecular flexibility index (Phi) is 6.18. The lowest BCUT2D eigenvalue weighted by Crippen LogP contribution is -2.36. The summed E-state index contributed by atoms with van der Waals surface area (Å²) in [5, 5.41) is 6.62. The van der Waals surface area contributed by atoms with Gasteiger partial charge in [0, 0.05) is 28.7 Å². The molecule has 1 aromatic heterocycles. The highest BCUT2D eigenvalue weighted by molar-refractivity contribution is 6.31. The lowest BCUT2D eigenvalue weighted by molar-refractivity contribution is 0.0977. The molecule has 1 amide bonds. The number of anilines is 1. The van der Waals surface area contributed by atoms with Crippen LogP contribution in [0, 0.1) is 6.92 Å². The number of nitrogens with one attached hydrogen (secondary N) is 2. The van der Waals surface area contributed by atoms with Gasteiger partial charge in [0.1, 0.15) is 0 Å². The zero-order chi connectivity index (χ0) is 19.1. The van der Waals surface area contributed by atoms with Gasteiger partial charge in [-0.05, 0) is 54.4 Å². The molecular weight excluding hydrogens is 360 g/mol. The smallest absolute Gasteiger partial charge is 0.257 e. The molecule has 0 aliphatic heterocycles. The second-order valence-corrected chi connectivity index (χ2v) is 6.36. The van der Waals surface area contributed by atoms with Crippen LogP contribution >= 0.6 is 11.6 Å². The van der Waals surface area contributed by atoms with Crippen molar-refractivity contribution in [3.63, 3.8) is 0 Å². The fourth-order valence-corrected chi connectivity index (χ4v) is 2.57. The fraction of sp³-hybridized carbons (Fsp3) is 0.0952. The van der Waals surface area contributed by atoms with Crippen molar-refractivity contribution in [3.8, 4) is 0 Å². The SMILES string of the molecule is Cc1ccc(Cl)cc1NC(=NCc1ccncc1)NC(=O)c1ccccc1. The van der Waals surface area contributed by atoms with E-state index in [1.165, 1.54) is 0 Å². The quantitative estimate of drug-likeness (QED) is 0.521. The van der Waals surface area contributed by atoms with E-state index in [0.29, 0.717) is 23.1 Å². The van der Waals surface area contributed by atoms with Crippen molar-refractivity contribution in [2.24, 2.45) is 4.99 Å². The number of aromatic nitrogens is 1. The number of carbonyl (C=O) groups is 1. The number of nitrogens with zero attached hydrogens (tertiary/aromatic N) is 2. The Labute approximate surface area is 163 Å². The van der Waals surface area contributed by atoms with Crippen molar-refractivity contribution < 1.29 is 4.79 Å². The van der Waals surface area contributed by atoms with E-state index < -0.39 is 0 Å². The molecule has 136 valence electrons. The van der Waals surface area contributed by atoms with Crippen LogP contribution in [-0.2, 0) is 6.54 Å². The largest absolute Gasteiger partial charge is 0.326 e. The zero-order valence-electron chi connectivity index (χ0n) is 14.8. The molecule has 2 N–H and O–H groups in total. The van der Waals surface area contributed by atoms with Gasteiger partial charge in [-0.15, -0.1) is 0 Å². The average Bonchev–Trinajstić information content (AvgIpc) is 2.70. The lowest BCUT2D eigenvalue weighted by Gasteiger charge is -2.14. The monoisotopic (exact) mass is 378 g/mol. The molecule has 0 atom stereocenters. The highest BCUT2D eigenvalue weighted by Gasteiger charge is 2.10. The third kappa shape index (κ3) is 5.39. The number of amides is 1.